The molecule has 2 fully saturated rings. The second kappa shape index (κ2) is 6.31. The second-order valence-electron chi connectivity index (χ2n) is 4.92. The van der Waals surface area contributed by atoms with Gasteiger partial charge in [0.1, 0.15) is 0 Å². The Morgan fingerprint density at radius 3 is 2.82 bits per heavy atom. The van der Waals surface area contributed by atoms with Gasteiger partial charge in [-0.1, -0.05) is 0 Å². The summed E-state index contributed by atoms with van der Waals surface area (Å²) in [5.41, 5.74) is 5.61. The van der Waals surface area contributed by atoms with Gasteiger partial charge in [-0.05, 0) is 19.4 Å². The minimum atomic E-state index is -0.308. The van der Waals surface area contributed by atoms with Crippen molar-refractivity contribution in [3.05, 3.63) is 0 Å². The Morgan fingerprint density at radius 2 is 2.12 bits per heavy atom. The largest absolute Gasteiger partial charge is 0.379 e. The number of ether oxygens (including phenoxy) is 1. The van der Waals surface area contributed by atoms with E-state index in [0.717, 1.165) is 52.4 Å². The number of nitrogens with zero attached hydrogens (tertiary/aromatic N) is 3. The fourth-order valence-corrected chi connectivity index (χ4v) is 2.64. The van der Waals surface area contributed by atoms with E-state index in [2.05, 4.69) is 15.9 Å². The van der Waals surface area contributed by atoms with Crippen LogP contribution in [0.15, 0.2) is 0 Å². The maximum Gasteiger partial charge on any atom is 0.0940 e. The first-order chi connectivity index (χ1) is 8.29. The maximum atomic E-state index is 8.65. The first-order valence-corrected chi connectivity index (χ1v) is 6.49. The second-order valence-corrected chi connectivity index (χ2v) is 4.92. The van der Waals surface area contributed by atoms with E-state index in [1.165, 1.54) is 6.42 Å². The summed E-state index contributed by atoms with van der Waals surface area (Å²) < 4.78 is 5.37. The lowest BCUT2D eigenvalue weighted by molar-refractivity contribution is 0.0185. The summed E-state index contributed by atoms with van der Waals surface area (Å²) in [5.74, 6) is 0. The number of hydrogen-bond acceptors (Lipinski definition) is 5. The van der Waals surface area contributed by atoms with Crippen LogP contribution in [0.5, 0.6) is 0 Å². The van der Waals surface area contributed by atoms with E-state index in [-0.39, 0.29) is 6.04 Å². The summed E-state index contributed by atoms with van der Waals surface area (Å²) in [6.45, 7) is 7.09. The Kier molecular flexibility index (Phi) is 4.75. The third-order valence-electron chi connectivity index (χ3n) is 3.73. The zero-order valence-corrected chi connectivity index (χ0v) is 10.3. The molecule has 2 atom stereocenters. The van der Waals surface area contributed by atoms with Crippen molar-refractivity contribution in [1.82, 2.24) is 9.80 Å². The van der Waals surface area contributed by atoms with Crippen molar-refractivity contribution in [2.75, 3.05) is 45.9 Å². The Hall–Kier alpha value is -0.670. The van der Waals surface area contributed by atoms with Gasteiger partial charge >= 0.3 is 0 Å². The van der Waals surface area contributed by atoms with Crippen LogP contribution in [-0.2, 0) is 4.74 Å². The van der Waals surface area contributed by atoms with Gasteiger partial charge in [-0.2, -0.15) is 5.26 Å². The first-order valence-electron chi connectivity index (χ1n) is 6.49. The number of morpholine rings is 1. The zero-order chi connectivity index (χ0) is 12.1. The van der Waals surface area contributed by atoms with Crippen LogP contribution >= 0.6 is 0 Å². The number of hydrogen-bond donors (Lipinski definition) is 1. The first kappa shape index (κ1) is 12.8. The van der Waals surface area contributed by atoms with Crippen LogP contribution in [0.2, 0.25) is 0 Å². The van der Waals surface area contributed by atoms with Gasteiger partial charge < -0.3 is 15.4 Å². The van der Waals surface area contributed by atoms with E-state index in [9.17, 15) is 0 Å². The lowest BCUT2D eigenvalue weighted by Crippen LogP contribution is -2.44. The molecule has 0 spiro atoms. The van der Waals surface area contributed by atoms with Crippen LogP contribution in [0.3, 0.4) is 0 Å². The quantitative estimate of drug-likeness (QED) is 0.724. The van der Waals surface area contributed by atoms with Crippen molar-refractivity contribution >= 4 is 0 Å². The summed E-state index contributed by atoms with van der Waals surface area (Å²) in [6.07, 6.45) is 2.02. The van der Waals surface area contributed by atoms with Crippen molar-refractivity contribution in [1.29, 1.82) is 5.26 Å². The van der Waals surface area contributed by atoms with Gasteiger partial charge in [0.05, 0.1) is 25.3 Å². The van der Waals surface area contributed by atoms with Crippen molar-refractivity contribution in [3.63, 3.8) is 0 Å². The van der Waals surface area contributed by atoms with Crippen molar-refractivity contribution in [2.45, 2.75) is 24.9 Å². The van der Waals surface area contributed by atoms with Gasteiger partial charge in [-0.25, -0.2) is 0 Å². The molecule has 0 aromatic carbocycles. The summed E-state index contributed by atoms with van der Waals surface area (Å²) >= 11 is 0. The van der Waals surface area contributed by atoms with Crippen LogP contribution in [0.4, 0.5) is 0 Å². The molecule has 0 bridgehead atoms. The highest BCUT2D eigenvalue weighted by Crippen LogP contribution is 2.17. The molecule has 0 aromatic heterocycles. The molecule has 2 saturated heterocycles. The topological polar surface area (TPSA) is 65.5 Å². The molecule has 2 N–H and O–H groups in total. The summed E-state index contributed by atoms with van der Waals surface area (Å²) in [7, 11) is 0. The molecule has 17 heavy (non-hydrogen) atoms. The van der Waals surface area contributed by atoms with Gasteiger partial charge in [0.25, 0.3) is 0 Å². The molecule has 2 aliphatic heterocycles. The van der Waals surface area contributed by atoms with Crippen molar-refractivity contribution in [2.24, 2.45) is 5.73 Å². The highest BCUT2D eigenvalue weighted by molar-refractivity contribution is 4.89. The fraction of sp³-hybridized carbons (Fsp3) is 0.917. The average Bonchev–Trinajstić information content (AvgIpc) is 2.86. The van der Waals surface area contributed by atoms with Crippen LogP contribution in [-0.4, -0.2) is 67.8 Å². The summed E-state index contributed by atoms with van der Waals surface area (Å²) in [4.78, 5) is 4.96. The van der Waals surface area contributed by atoms with E-state index in [0.29, 0.717) is 6.04 Å². The fourth-order valence-electron chi connectivity index (χ4n) is 2.64. The normalized spacial score (nSPS) is 29.1. The van der Waals surface area contributed by atoms with Gasteiger partial charge in [0.2, 0.25) is 0 Å². The van der Waals surface area contributed by atoms with Gasteiger partial charge in [0.15, 0.2) is 0 Å². The zero-order valence-electron chi connectivity index (χ0n) is 10.3. The molecule has 0 aromatic rings. The molecule has 0 saturated carbocycles. The molecular formula is C12H22N4O. The Bertz CT molecular complexity index is 272. The SMILES string of the molecule is N#CC(N)CCN1CCC(N2CCOCC2)C1. The molecule has 96 valence electrons. The minimum Gasteiger partial charge on any atom is -0.379 e. The average molecular weight is 238 g/mol. The standard InChI is InChI=1S/C12H22N4O/c13-9-11(14)1-3-15-4-2-12(10-15)16-5-7-17-8-6-16/h11-12H,1-8,10,14H2. The van der Waals surface area contributed by atoms with E-state index >= 15 is 0 Å². The van der Waals surface area contributed by atoms with Crippen molar-refractivity contribution < 1.29 is 4.74 Å². The maximum absolute atomic E-state index is 8.65. The number of nitrogens with two attached hydrogens (primary N) is 1. The van der Waals surface area contributed by atoms with Gasteiger partial charge in [0, 0.05) is 32.2 Å². The third kappa shape index (κ3) is 3.65. The molecule has 2 unspecified atom stereocenters. The molecule has 0 amide bonds. The van der Waals surface area contributed by atoms with E-state index in [1.807, 2.05) is 0 Å². The summed E-state index contributed by atoms with van der Waals surface area (Å²) in [5, 5.41) is 8.65. The van der Waals surface area contributed by atoms with E-state index in [4.69, 9.17) is 15.7 Å². The molecule has 5 heteroatoms. The number of likely N-dealkylation sites (tertiary alicyclic amines) is 1. The molecule has 2 heterocycles. The van der Waals surface area contributed by atoms with Crippen LogP contribution in [0.25, 0.3) is 0 Å². The monoisotopic (exact) mass is 238 g/mol. The molecule has 0 aliphatic carbocycles. The third-order valence-corrected chi connectivity index (χ3v) is 3.73. The smallest absolute Gasteiger partial charge is 0.0940 e. The highest BCUT2D eigenvalue weighted by atomic mass is 16.5. The van der Waals surface area contributed by atoms with Gasteiger partial charge in [-0.3, -0.25) is 4.90 Å². The number of rotatable bonds is 4. The Balaban J connectivity index is 1.70. The van der Waals surface area contributed by atoms with Crippen molar-refractivity contribution in [3.8, 4) is 6.07 Å². The Morgan fingerprint density at radius 1 is 1.35 bits per heavy atom. The lowest BCUT2D eigenvalue weighted by atomic mass is 10.2. The summed E-state index contributed by atoms with van der Waals surface area (Å²) in [6, 6.07) is 2.46. The molecule has 5 nitrogen and oxygen atoms in total. The molecule has 0 radical (unpaired) electrons. The molecule has 2 rings (SSSR count). The lowest BCUT2D eigenvalue weighted by Gasteiger charge is -2.32. The van der Waals surface area contributed by atoms with Crippen LogP contribution < -0.4 is 5.73 Å². The van der Waals surface area contributed by atoms with E-state index < -0.39 is 0 Å². The number of nitriles is 1. The van der Waals surface area contributed by atoms with E-state index in [1.54, 1.807) is 0 Å². The van der Waals surface area contributed by atoms with Gasteiger partial charge in [-0.15, -0.1) is 0 Å². The van der Waals surface area contributed by atoms with Crippen LogP contribution in [0.1, 0.15) is 12.8 Å². The Labute approximate surface area is 103 Å². The predicted molar refractivity (Wildman–Crippen MR) is 65.4 cm³/mol. The molecule has 2 aliphatic rings. The highest BCUT2D eigenvalue weighted by Gasteiger charge is 2.28. The van der Waals surface area contributed by atoms with Crippen LogP contribution in [0, 0.1) is 11.3 Å². The molecular weight excluding hydrogens is 216 g/mol. The predicted octanol–water partition coefficient (Wildman–Crippen LogP) is -0.366. The minimum absolute atomic E-state index is 0.308.